The molecule has 37 heavy (non-hydrogen) atoms. The molecular formula is C23H19F4N3O6S. The largest absolute Gasteiger partial charge is 0.484 e. The number of hydrogen-bond donors (Lipinski definition) is 2. The Morgan fingerprint density at radius 2 is 2.00 bits per heavy atom. The lowest BCUT2D eigenvalue weighted by molar-refractivity contribution is -0.138. The Balaban J connectivity index is 1.72. The molecule has 0 radical (unpaired) electrons. The number of aromatic nitrogens is 1. The first-order valence-electron chi connectivity index (χ1n) is 10.6. The van der Waals surface area contributed by atoms with Crippen molar-refractivity contribution in [3.05, 3.63) is 71.7 Å². The van der Waals surface area contributed by atoms with Crippen molar-refractivity contribution >= 4 is 27.3 Å². The summed E-state index contributed by atoms with van der Waals surface area (Å²) in [5, 5.41) is 11.8. The van der Waals surface area contributed by atoms with E-state index in [-0.39, 0.29) is 34.4 Å². The van der Waals surface area contributed by atoms with Crippen LogP contribution in [0.2, 0.25) is 0 Å². The van der Waals surface area contributed by atoms with E-state index in [2.05, 4.69) is 10.3 Å². The van der Waals surface area contributed by atoms with Crippen LogP contribution in [0.1, 0.15) is 15.9 Å². The molecule has 9 nitrogen and oxygen atoms in total. The molecule has 0 fully saturated rings. The standard InChI is InChI=1S/C23H19F4N3O6S/c1-35-20-8-6-15(10-28-20)37(33,34)30-11-14(12-31)36-19-7-5-13(9-18(19)30)29-22(32)21-16(23(25,26)27)3-2-4-17(21)24/h2-10,14,31H,11-12H2,1H3,(H,29,32)/t14-/m1/s1. The zero-order valence-electron chi connectivity index (χ0n) is 19.0. The van der Waals surface area contributed by atoms with Gasteiger partial charge in [-0.2, -0.15) is 13.2 Å². The minimum Gasteiger partial charge on any atom is -0.484 e. The number of carbonyl (C=O) groups excluding carboxylic acids is 1. The van der Waals surface area contributed by atoms with Gasteiger partial charge < -0.3 is 19.9 Å². The summed E-state index contributed by atoms with van der Waals surface area (Å²) in [5.74, 6) is -2.57. The Morgan fingerprint density at radius 1 is 1.24 bits per heavy atom. The molecule has 0 saturated carbocycles. The van der Waals surface area contributed by atoms with E-state index < -0.39 is 51.8 Å². The Morgan fingerprint density at radius 3 is 2.62 bits per heavy atom. The molecule has 1 atom stereocenters. The molecule has 0 bridgehead atoms. The summed E-state index contributed by atoms with van der Waals surface area (Å²) < 4.78 is 92.5. The van der Waals surface area contributed by atoms with Gasteiger partial charge in [-0.15, -0.1) is 0 Å². The number of fused-ring (bicyclic) bond motifs is 1. The van der Waals surface area contributed by atoms with E-state index in [9.17, 15) is 35.9 Å². The van der Waals surface area contributed by atoms with Gasteiger partial charge in [0.25, 0.3) is 15.9 Å². The minimum atomic E-state index is -4.99. The summed E-state index contributed by atoms with van der Waals surface area (Å²) in [4.78, 5) is 16.3. The van der Waals surface area contributed by atoms with Crippen LogP contribution in [-0.2, 0) is 16.2 Å². The predicted octanol–water partition coefficient (Wildman–Crippen LogP) is 3.45. The second kappa shape index (κ2) is 9.86. The quantitative estimate of drug-likeness (QED) is 0.459. The van der Waals surface area contributed by atoms with Gasteiger partial charge in [0.15, 0.2) is 0 Å². The van der Waals surface area contributed by atoms with E-state index in [4.69, 9.17) is 9.47 Å². The molecule has 2 N–H and O–H groups in total. The van der Waals surface area contributed by atoms with Crippen molar-refractivity contribution in [2.24, 2.45) is 0 Å². The summed E-state index contributed by atoms with van der Waals surface area (Å²) in [6.07, 6.45) is -4.85. The summed E-state index contributed by atoms with van der Waals surface area (Å²) in [6, 6.07) is 8.39. The predicted molar refractivity (Wildman–Crippen MR) is 123 cm³/mol. The number of rotatable bonds is 6. The zero-order chi connectivity index (χ0) is 27.0. The van der Waals surface area contributed by atoms with Crippen molar-refractivity contribution in [1.29, 1.82) is 0 Å². The van der Waals surface area contributed by atoms with Crippen LogP contribution < -0.4 is 19.1 Å². The maximum Gasteiger partial charge on any atom is 0.417 e. The van der Waals surface area contributed by atoms with Gasteiger partial charge in [-0.1, -0.05) is 6.07 Å². The molecule has 0 spiro atoms. The van der Waals surface area contributed by atoms with E-state index in [0.29, 0.717) is 6.07 Å². The summed E-state index contributed by atoms with van der Waals surface area (Å²) in [7, 11) is -2.91. The highest BCUT2D eigenvalue weighted by atomic mass is 32.2. The number of methoxy groups -OCH3 is 1. The summed E-state index contributed by atoms with van der Waals surface area (Å²) >= 11 is 0. The lowest BCUT2D eigenvalue weighted by Gasteiger charge is -2.35. The molecule has 1 aliphatic rings. The fraction of sp³-hybridized carbons (Fsp3) is 0.217. The molecular weight excluding hydrogens is 522 g/mol. The number of carbonyl (C=O) groups is 1. The first kappa shape index (κ1) is 26.2. The lowest BCUT2D eigenvalue weighted by atomic mass is 10.1. The van der Waals surface area contributed by atoms with Crippen LogP contribution in [0.5, 0.6) is 11.6 Å². The highest BCUT2D eigenvalue weighted by Crippen LogP contribution is 2.39. The number of sulfonamides is 1. The van der Waals surface area contributed by atoms with Gasteiger partial charge in [0, 0.05) is 11.8 Å². The number of halogens is 4. The van der Waals surface area contributed by atoms with Crippen LogP contribution in [0.4, 0.5) is 28.9 Å². The third-order valence-corrected chi connectivity index (χ3v) is 7.17. The van der Waals surface area contributed by atoms with Gasteiger partial charge in [-0.25, -0.2) is 17.8 Å². The van der Waals surface area contributed by atoms with E-state index in [1.165, 1.54) is 31.4 Å². The molecule has 2 heterocycles. The molecule has 1 amide bonds. The Hall–Kier alpha value is -3.91. The number of amides is 1. The van der Waals surface area contributed by atoms with Crippen molar-refractivity contribution in [2.45, 2.75) is 17.2 Å². The number of ether oxygens (including phenoxy) is 2. The van der Waals surface area contributed by atoms with Crippen LogP contribution in [0.15, 0.2) is 59.6 Å². The maximum atomic E-state index is 14.2. The number of anilines is 2. The molecule has 1 aromatic heterocycles. The summed E-state index contributed by atoms with van der Waals surface area (Å²) in [5.41, 5.74) is -2.87. The average molecular weight is 541 g/mol. The molecule has 0 saturated heterocycles. The van der Waals surface area contributed by atoms with Crippen molar-refractivity contribution in [3.63, 3.8) is 0 Å². The van der Waals surface area contributed by atoms with Crippen LogP contribution in [0, 0.1) is 5.82 Å². The highest BCUT2D eigenvalue weighted by Gasteiger charge is 2.38. The van der Waals surface area contributed by atoms with E-state index in [1.807, 2.05) is 0 Å². The van der Waals surface area contributed by atoms with Gasteiger partial charge in [0.2, 0.25) is 5.88 Å². The number of pyridine rings is 1. The number of alkyl halides is 3. The smallest absolute Gasteiger partial charge is 0.417 e. The highest BCUT2D eigenvalue weighted by molar-refractivity contribution is 7.92. The van der Waals surface area contributed by atoms with Crippen LogP contribution >= 0.6 is 0 Å². The zero-order valence-corrected chi connectivity index (χ0v) is 19.8. The van der Waals surface area contributed by atoms with Crippen LogP contribution in [-0.4, -0.2) is 50.8 Å². The third-order valence-electron chi connectivity index (χ3n) is 5.40. The number of hydrogen-bond acceptors (Lipinski definition) is 7. The third kappa shape index (κ3) is 5.15. The number of benzene rings is 2. The van der Waals surface area contributed by atoms with Crippen LogP contribution in [0.25, 0.3) is 0 Å². The van der Waals surface area contributed by atoms with E-state index in [1.54, 1.807) is 0 Å². The number of nitrogens with one attached hydrogen (secondary N) is 1. The first-order chi connectivity index (χ1) is 17.5. The molecule has 196 valence electrons. The normalized spacial score (nSPS) is 15.5. The summed E-state index contributed by atoms with van der Waals surface area (Å²) in [6.45, 7) is -0.834. The van der Waals surface area contributed by atoms with Crippen molar-refractivity contribution in [2.75, 3.05) is 29.9 Å². The maximum absolute atomic E-state index is 14.2. The van der Waals surface area contributed by atoms with Crippen molar-refractivity contribution < 1.29 is 45.4 Å². The van der Waals surface area contributed by atoms with Gasteiger partial charge in [0.1, 0.15) is 22.6 Å². The number of aliphatic hydroxyl groups excluding tert-OH is 1. The molecule has 0 unspecified atom stereocenters. The van der Waals surface area contributed by atoms with Gasteiger partial charge in [0.05, 0.1) is 43.3 Å². The SMILES string of the molecule is COc1ccc(S(=O)(=O)N2C[C@H](CO)Oc3ccc(NC(=O)c4c(F)cccc4C(F)(F)F)cc32)cn1. The van der Waals surface area contributed by atoms with Crippen molar-refractivity contribution in [1.82, 2.24) is 4.98 Å². The van der Waals surface area contributed by atoms with Gasteiger partial charge in [-0.05, 0) is 36.4 Å². The molecule has 0 aliphatic carbocycles. The Kier molecular flexibility index (Phi) is 6.97. The topological polar surface area (TPSA) is 118 Å². The fourth-order valence-electron chi connectivity index (χ4n) is 3.66. The number of nitrogens with zero attached hydrogens (tertiary/aromatic N) is 2. The van der Waals surface area contributed by atoms with E-state index in [0.717, 1.165) is 28.7 Å². The Labute approximate surface area is 208 Å². The van der Waals surface area contributed by atoms with E-state index >= 15 is 0 Å². The molecule has 2 aromatic carbocycles. The molecule has 4 rings (SSSR count). The fourth-order valence-corrected chi connectivity index (χ4v) is 5.11. The van der Waals surface area contributed by atoms with Gasteiger partial charge in [-0.3, -0.25) is 9.10 Å². The molecule has 1 aliphatic heterocycles. The van der Waals surface area contributed by atoms with Gasteiger partial charge >= 0.3 is 6.18 Å². The Bertz CT molecular complexity index is 1430. The molecule has 14 heteroatoms. The number of aliphatic hydroxyl groups is 1. The van der Waals surface area contributed by atoms with Crippen molar-refractivity contribution in [3.8, 4) is 11.6 Å². The monoisotopic (exact) mass is 541 g/mol. The minimum absolute atomic E-state index is 0.0233. The first-order valence-corrected chi connectivity index (χ1v) is 12.0. The lowest BCUT2D eigenvalue weighted by Crippen LogP contribution is -2.45. The van der Waals surface area contributed by atoms with Crippen LogP contribution in [0.3, 0.4) is 0 Å². The second-order valence-corrected chi connectivity index (χ2v) is 9.65. The average Bonchev–Trinajstić information content (AvgIpc) is 2.87. The molecule has 3 aromatic rings. The second-order valence-electron chi connectivity index (χ2n) is 7.79.